The van der Waals surface area contributed by atoms with Crippen molar-refractivity contribution in [1.82, 2.24) is 9.55 Å². The van der Waals surface area contributed by atoms with Crippen LogP contribution in [0.3, 0.4) is 0 Å². The minimum Gasteiger partial charge on any atom is -0.306 e. The van der Waals surface area contributed by atoms with Gasteiger partial charge in [0.2, 0.25) is 0 Å². The van der Waals surface area contributed by atoms with Crippen LogP contribution in [0.2, 0.25) is 0 Å². The molecule has 0 aliphatic carbocycles. The fourth-order valence-electron chi connectivity index (χ4n) is 1.54. The molecule has 1 heterocycles. The highest BCUT2D eigenvalue weighted by atomic mass is 32.2. The van der Waals surface area contributed by atoms with Crippen molar-refractivity contribution in [3.05, 3.63) is 48.5 Å². The van der Waals surface area contributed by atoms with E-state index in [1.165, 1.54) is 11.3 Å². The maximum Gasteiger partial charge on any atom is 0.0991 e. The zero-order valence-corrected chi connectivity index (χ0v) is 10.4. The van der Waals surface area contributed by atoms with Crippen LogP contribution < -0.4 is 0 Å². The Labute approximate surface area is 101 Å². The molecule has 0 saturated carbocycles. The van der Waals surface area contributed by atoms with Gasteiger partial charge in [-0.2, -0.15) is 11.8 Å². The third-order valence-electron chi connectivity index (χ3n) is 2.35. The Morgan fingerprint density at radius 3 is 2.81 bits per heavy atom. The number of imidazole rings is 1. The molecule has 0 atom stereocenters. The van der Waals surface area contributed by atoms with Gasteiger partial charge >= 0.3 is 0 Å². The fourth-order valence-corrected chi connectivity index (χ4v) is 2.30. The van der Waals surface area contributed by atoms with Gasteiger partial charge < -0.3 is 4.57 Å². The molecule has 1 aromatic carbocycles. The summed E-state index contributed by atoms with van der Waals surface area (Å²) in [5.41, 5.74) is 2.59. The van der Waals surface area contributed by atoms with Crippen LogP contribution in [0.4, 0.5) is 0 Å². The van der Waals surface area contributed by atoms with E-state index in [1.54, 1.807) is 0 Å². The molecule has 0 bridgehead atoms. The van der Waals surface area contributed by atoms with E-state index >= 15 is 0 Å². The highest BCUT2D eigenvalue weighted by Crippen LogP contribution is 2.22. The second kappa shape index (κ2) is 5.21. The first-order valence-corrected chi connectivity index (χ1v) is 6.50. The smallest absolute Gasteiger partial charge is 0.0991 e. The highest BCUT2D eigenvalue weighted by molar-refractivity contribution is 7.99. The summed E-state index contributed by atoms with van der Waals surface area (Å²) in [7, 11) is 0. The summed E-state index contributed by atoms with van der Waals surface area (Å²) in [6.07, 6.45) is 5.64. The molecule has 2 nitrogen and oxygen atoms in total. The maximum absolute atomic E-state index is 4.09. The van der Waals surface area contributed by atoms with Crippen molar-refractivity contribution in [3.63, 3.8) is 0 Å². The molecule has 3 heteroatoms. The van der Waals surface area contributed by atoms with E-state index in [-0.39, 0.29) is 0 Å². The number of aromatic nitrogens is 2. The molecule has 0 saturated heterocycles. The van der Waals surface area contributed by atoms with Gasteiger partial charge in [0.15, 0.2) is 0 Å². The second-order valence-corrected chi connectivity index (χ2v) is 5.52. The van der Waals surface area contributed by atoms with E-state index in [0.717, 1.165) is 5.75 Å². The summed E-state index contributed by atoms with van der Waals surface area (Å²) in [5, 5.41) is 0.663. The topological polar surface area (TPSA) is 17.8 Å². The van der Waals surface area contributed by atoms with Gasteiger partial charge in [-0.25, -0.2) is 4.98 Å². The van der Waals surface area contributed by atoms with Crippen molar-refractivity contribution in [3.8, 4) is 5.69 Å². The van der Waals surface area contributed by atoms with Gasteiger partial charge in [0, 0.05) is 18.1 Å². The first-order chi connectivity index (χ1) is 7.77. The van der Waals surface area contributed by atoms with Crippen LogP contribution in [-0.2, 0) is 5.75 Å². The van der Waals surface area contributed by atoms with Gasteiger partial charge in [-0.1, -0.05) is 32.0 Å². The standard InChI is InChI=1S/C13H16N2S/c1-11(2)16-9-12-5-3-4-6-13(12)15-8-7-14-10-15/h3-8,10-11H,9H2,1-2H3. The van der Waals surface area contributed by atoms with Crippen LogP contribution in [0.25, 0.3) is 5.69 Å². The van der Waals surface area contributed by atoms with Gasteiger partial charge in [-0.05, 0) is 16.9 Å². The third-order valence-corrected chi connectivity index (χ3v) is 3.49. The molecule has 0 N–H and O–H groups in total. The molecule has 1 aromatic heterocycles. The lowest BCUT2D eigenvalue weighted by molar-refractivity contribution is 1.03. The average molecular weight is 232 g/mol. The minimum atomic E-state index is 0.663. The van der Waals surface area contributed by atoms with E-state index in [4.69, 9.17) is 0 Å². The number of hydrogen-bond acceptors (Lipinski definition) is 2. The molecular formula is C13H16N2S. The molecule has 0 fully saturated rings. The van der Waals surface area contributed by atoms with Crippen LogP contribution in [-0.4, -0.2) is 14.8 Å². The first-order valence-electron chi connectivity index (χ1n) is 5.45. The Hall–Kier alpha value is -1.22. The summed E-state index contributed by atoms with van der Waals surface area (Å²) in [6, 6.07) is 8.48. The lowest BCUT2D eigenvalue weighted by Crippen LogP contribution is -1.97. The lowest BCUT2D eigenvalue weighted by atomic mass is 10.2. The van der Waals surface area contributed by atoms with Crippen molar-refractivity contribution >= 4 is 11.8 Å². The van der Waals surface area contributed by atoms with Crippen molar-refractivity contribution in [1.29, 1.82) is 0 Å². The number of benzene rings is 1. The van der Waals surface area contributed by atoms with Gasteiger partial charge in [-0.15, -0.1) is 0 Å². The van der Waals surface area contributed by atoms with Crippen LogP contribution in [0.1, 0.15) is 19.4 Å². The molecule has 0 spiro atoms. The first kappa shape index (κ1) is 11.3. The summed E-state index contributed by atoms with van der Waals surface area (Å²) in [6.45, 7) is 4.45. The van der Waals surface area contributed by atoms with Crippen molar-refractivity contribution in [2.75, 3.05) is 0 Å². The normalized spacial score (nSPS) is 10.9. The van der Waals surface area contributed by atoms with Crippen LogP contribution in [0.15, 0.2) is 43.0 Å². The molecule has 84 valence electrons. The third kappa shape index (κ3) is 2.67. The molecule has 0 unspecified atom stereocenters. The van der Waals surface area contributed by atoms with E-state index in [9.17, 15) is 0 Å². The van der Waals surface area contributed by atoms with Crippen molar-refractivity contribution < 1.29 is 0 Å². The molecule has 2 rings (SSSR count). The summed E-state index contributed by atoms with van der Waals surface area (Å²) >= 11 is 1.96. The average Bonchev–Trinajstić information content (AvgIpc) is 2.80. The molecule has 0 radical (unpaired) electrons. The molecule has 0 amide bonds. The van der Waals surface area contributed by atoms with Gasteiger partial charge in [-0.3, -0.25) is 0 Å². The molecule has 2 aromatic rings. The molecule has 0 aliphatic heterocycles. The SMILES string of the molecule is CC(C)SCc1ccccc1-n1ccnc1. The number of para-hydroxylation sites is 1. The van der Waals surface area contributed by atoms with Crippen molar-refractivity contribution in [2.45, 2.75) is 24.9 Å². The molecular weight excluding hydrogens is 216 g/mol. The maximum atomic E-state index is 4.09. The van der Waals surface area contributed by atoms with E-state index in [1.807, 2.05) is 30.5 Å². The van der Waals surface area contributed by atoms with Gasteiger partial charge in [0.25, 0.3) is 0 Å². The van der Waals surface area contributed by atoms with Crippen molar-refractivity contribution in [2.24, 2.45) is 0 Å². The Kier molecular flexibility index (Phi) is 3.67. The molecule has 0 aliphatic rings. The minimum absolute atomic E-state index is 0.663. The van der Waals surface area contributed by atoms with E-state index < -0.39 is 0 Å². The predicted octanol–water partition coefficient (Wildman–Crippen LogP) is 3.51. The lowest BCUT2D eigenvalue weighted by Gasteiger charge is -2.11. The second-order valence-electron chi connectivity index (χ2n) is 3.96. The number of hydrogen-bond donors (Lipinski definition) is 0. The summed E-state index contributed by atoms with van der Waals surface area (Å²) < 4.78 is 2.07. The van der Waals surface area contributed by atoms with E-state index in [2.05, 4.69) is 47.7 Å². The fraction of sp³-hybridized carbons (Fsp3) is 0.308. The van der Waals surface area contributed by atoms with Crippen LogP contribution in [0.5, 0.6) is 0 Å². The Morgan fingerprint density at radius 1 is 1.31 bits per heavy atom. The largest absolute Gasteiger partial charge is 0.306 e. The Morgan fingerprint density at radius 2 is 2.12 bits per heavy atom. The number of thioether (sulfide) groups is 1. The zero-order chi connectivity index (χ0) is 11.4. The summed E-state index contributed by atoms with van der Waals surface area (Å²) in [4.78, 5) is 4.09. The van der Waals surface area contributed by atoms with Crippen LogP contribution >= 0.6 is 11.8 Å². The summed E-state index contributed by atoms with van der Waals surface area (Å²) in [5.74, 6) is 1.05. The molecule has 16 heavy (non-hydrogen) atoms. The predicted molar refractivity (Wildman–Crippen MR) is 70.0 cm³/mol. The number of nitrogens with zero attached hydrogens (tertiary/aromatic N) is 2. The highest BCUT2D eigenvalue weighted by Gasteiger charge is 2.04. The monoisotopic (exact) mass is 232 g/mol. The zero-order valence-electron chi connectivity index (χ0n) is 9.63. The Balaban J connectivity index is 2.24. The van der Waals surface area contributed by atoms with Crippen LogP contribution in [0, 0.1) is 0 Å². The Bertz CT molecular complexity index is 435. The quantitative estimate of drug-likeness (QED) is 0.802. The van der Waals surface area contributed by atoms with Gasteiger partial charge in [0.1, 0.15) is 0 Å². The van der Waals surface area contributed by atoms with E-state index in [0.29, 0.717) is 5.25 Å². The number of rotatable bonds is 4. The van der Waals surface area contributed by atoms with Gasteiger partial charge in [0.05, 0.1) is 12.0 Å².